The molecule has 2 aromatic carbocycles. The number of nitrogens with zero attached hydrogens (tertiary/aromatic N) is 4. The Morgan fingerprint density at radius 1 is 1.12 bits per heavy atom. The summed E-state index contributed by atoms with van der Waals surface area (Å²) in [5, 5.41) is 11.4. The summed E-state index contributed by atoms with van der Waals surface area (Å²) in [6.45, 7) is 1.43. The van der Waals surface area contributed by atoms with Gasteiger partial charge in [-0.05, 0) is 42.5 Å². The minimum atomic E-state index is -2.53. The first kappa shape index (κ1) is 21.1. The third-order valence-electron chi connectivity index (χ3n) is 6.65. The van der Waals surface area contributed by atoms with Crippen molar-refractivity contribution in [2.75, 3.05) is 18.0 Å². The Kier molecular flexibility index (Phi) is 5.29. The van der Waals surface area contributed by atoms with Gasteiger partial charge in [-0.2, -0.15) is 5.26 Å². The molecular formula is C26H22F2N4O. The second-order valence-corrected chi connectivity index (χ2v) is 8.50. The summed E-state index contributed by atoms with van der Waals surface area (Å²) in [5.74, 6) is 0.297. The molecular weight excluding hydrogens is 422 g/mol. The summed E-state index contributed by atoms with van der Waals surface area (Å²) >= 11 is 0. The molecule has 5 nitrogen and oxygen atoms in total. The van der Waals surface area contributed by atoms with Crippen LogP contribution in [0.4, 0.5) is 14.5 Å². The van der Waals surface area contributed by atoms with Gasteiger partial charge in [-0.15, -0.1) is 0 Å². The van der Waals surface area contributed by atoms with Crippen LogP contribution in [0.25, 0.3) is 21.8 Å². The van der Waals surface area contributed by atoms with Gasteiger partial charge >= 0.3 is 0 Å². The van der Waals surface area contributed by atoms with Crippen LogP contribution in [-0.4, -0.2) is 22.6 Å². The number of pyridine rings is 2. The van der Waals surface area contributed by atoms with Crippen molar-refractivity contribution in [3.8, 4) is 6.07 Å². The smallest absolute Gasteiger partial charge is 0.270 e. The maximum Gasteiger partial charge on any atom is 0.270 e. The summed E-state index contributed by atoms with van der Waals surface area (Å²) < 4.78 is 27.4. The van der Waals surface area contributed by atoms with Gasteiger partial charge in [0.15, 0.2) is 0 Å². The lowest BCUT2D eigenvalue weighted by Gasteiger charge is -2.35. The minimum absolute atomic E-state index is 0.0712. The van der Waals surface area contributed by atoms with E-state index in [0.717, 1.165) is 29.3 Å². The van der Waals surface area contributed by atoms with Crippen molar-refractivity contribution >= 4 is 27.5 Å². The predicted molar refractivity (Wildman–Crippen MR) is 125 cm³/mol. The molecule has 0 radical (unpaired) electrons. The fourth-order valence-electron chi connectivity index (χ4n) is 4.87. The molecule has 1 fully saturated rings. The highest BCUT2D eigenvalue weighted by atomic mass is 19.3. The average Bonchev–Trinajstić information content (AvgIpc) is 2.85. The highest BCUT2D eigenvalue weighted by Gasteiger charge is 2.26. The third kappa shape index (κ3) is 3.62. The number of hydrogen-bond acceptors (Lipinski definition) is 4. The van der Waals surface area contributed by atoms with Crippen LogP contribution in [0.3, 0.4) is 0 Å². The van der Waals surface area contributed by atoms with Crippen molar-refractivity contribution < 1.29 is 8.78 Å². The van der Waals surface area contributed by atoms with Crippen LogP contribution in [0.2, 0.25) is 0 Å². The van der Waals surface area contributed by atoms with Crippen molar-refractivity contribution in [2.45, 2.75) is 25.2 Å². The van der Waals surface area contributed by atoms with Gasteiger partial charge < -0.3 is 9.47 Å². The monoisotopic (exact) mass is 444 g/mol. The summed E-state index contributed by atoms with van der Waals surface area (Å²) in [5.41, 5.74) is 3.20. The van der Waals surface area contributed by atoms with Gasteiger partial charge in [0.25, 0.3) is 12.0 Å². The highest BCUT2D eigenvalue weighted by Crippen LogP contribution is 2.35. The number of aryl methyl sites for hydroxylation is 1. The molecule has 0 atom stereocenters. The number of nitriles is 1. The van der Waals surface area contributed by atoms with Gasteiger partial charge in [0.05, 0.1) is 16.7 Å². The molecule has 0 spiro atoms. The largest absolute Gasteiger partial charge is 0.370 e. The van der Waals surface area contributed by atoms with Crippen molar-refractivity contribution in [1.29, 1.82) is 5.26 Å². The van der Waals surface area contributed by atoms with Crippen LogP contribution in [0.15, 0.2) is 59.5 Å². The Labute approximate surface area is 189 Å². The molecule has 4 aromatic rings. The van der Waals surface area contributed by atoms with E-state index in [2.05, 4.69) is 16.0 Å². The van der Waals surface area contributed by atoms with Crippen LogP contribution in [0, 0.1) is 11.3 Å². The number of rotatable bonds is 3. The number of hydrogen-bond donors (Lipinski definition) is 0. The summed E-state index contributed by atoms with van der Waals surface area (Å²) in [7, 11) is 1.69. The van der Waals surface area contributed by atoms with E-state index in [0.29, 0.717) is 35.6 Å². The highest BCUT2D eigenvalue weighted by molar-refractivity contribution is 5.95. The van der Waals surface area contributed by atoms with E-state index in [-0.39, 0.29) is 16.7 Å². The molecule has 0 N–H and O–H groups in total. The zero-order chi connectivity index (χ0) is 23.1. The number of piperidine rings is 1. The summed E-state index contributed by atoms with van der Waals surface area (Å²) in [4.78, 5) is 19.2. The van der Waals surface area contributed by atoms with E-state index in [1.807, 2.05) is 42.5 Å². The fourth-order valence-corrected chi connectivity index (χ4v) is 4.87. The molecule has 0 bridgehead atoms. The first-order chi connectivity index (χ1) is 16.0. The molecule has 0 saturated carbocycles. The molecule has 0 unspecified atom stereocenters. The normalized spacial score (nSPS) is 14.8. The van der Waals surface area contributed by atoms with Crippen LogP contribution in [0.5, 0.6) is 0 Å². The first-order valence-corrected chi connectivity index (χ1v) is 10.9. The van der Waals surface area contributed by atoms with E-state index in [4.69, 9.17) is 0 Å². The number of anilines is 1. The van der Waals surface area contributed by atoms with E-state index >= 15 is 0 Å². The van der Waals surface area contributed by atoms with E-state index in [9.17, 15) is 18.8 Å². The van der Waals surface area contributed by atoms with Crippen LogP contribution < -0.4 is 10.5 Å². The van der Waals surface area contributed by atoms with Crippen LogP contribution in [-0.2, 0) is 7.05 Å². The molecule has 3 heterocycles. The molecule has 1 aliphatic rings. The molecule has 0 amide bonds. The SMILES string of the molecule is Cn1c(=O)c(C#N)c(N2CCC(c3ccc4cc(C(F)F)cnc4c3)CC2)c2ccccc21. The lowest BCUT2D eigenvalue weighted by atomic mass is 9.88. The topological polar surface area (TPSA) is 61.9 Å². The molecule has 33 heavy (non-hydrogen) atoms. The number of halogens is 2. The van der Waals surface area contributed by atoms with Gasteiger partial charge in [0.2, 0.25) is 0 Å². The Morgan fingerprint density at radius 2 is 1.88 bits per heavy atom. The van der Waals surface area contributed by atoms with Crippen molar-refractivity contribution in [1.82, 2.24) is 9.55 Å². The number of aromatic nitrogens is 2. The Balaban J connectivity index is 1.44. The molecule has 1 aliphatic heterocycles. The van der Waals surface area contributed by atoms with Crippen molar-refractivity contribution in [3.63, 3.8) is 0 Å². The third-order valence-corrected chi connectivity index (χ3v) is 6.65. The maximum atomic E-state index is 13.0. The van der Waals surface area contributed by atoms with Gasteiger partial charge in [0, 0.05) is 42.7 Å². The van der Waals surface area contributed by atoms with Crippen molar-refractivity contribution in [3.05, 3.63) is 81.8 Å². The van der Waals surface area contributed by atoms with Gasteiger partial charge in [0.1, 0.15) is 11.6 Å². The first-order valence-electron chi connectivity index (χ1n) is 10.9. The number of benzene rings is 2. The molecule has 7 heteroatoms. The Morgan fingerprint density at radius 3 is 2.61 bits per heavy atom. The van der Waals surface area contributed by atoms with E-state index in [1.165, 1.54) is 16.8 Å². The Bertz CT molecular complexity index is 1460. The number of para-hydroxylation sites is 1. The molecule has 5 rings (SSSR count). The summed E-state index contributed by atoms with van der Waals surface area (Å²) in [6.07, 6.45) is 0.420. The lowest BCUT2D eigenvalue weighted by molar-refractivity contribution is 0.151. The van der Waals surface area contributed by atoms with Crippen LogP contribution in [0.1, 0.15) is 41.9 Å². The quantitative estimate of drug-likeness (QED) is 0.431. The van der Waals surface area contributed by atoms with Gasteiger partial charge in [-0.1, -0.05) is 30.3 Å². The fraction of sp³-hybridized carbons (Fsp3) is 0.269. The average molecular weight is 444 g/mol. The lowest BCUT2D eigenvalue weighted by Crippen LogP contribution is -2.35. The molecule has 0 aliphatic carbocycles. The Hall–Kier alpha value is -3.79. The predicted octanol–water partition coefficient (Wildman–Crippen LogP) is 5.28. The van der Waals surface area contributed by atoms with Crippen LogP contribution >= 0.6 is 0 Å². The zero-order valence-electron chi connectivity index (χ0n) is 18.1. The molecule has 166 valence electrons. The van der Waals surface area contributed by atoms with E-state index in [1.54, 1.807) is 7.05 Å². The molecule has 2 aromatic heterocycles. The zero-order valence-corrected chi connectivity index (χ0v) is 18.1. The van der Waals surface area contributed by atoms with Gasteiger partial charge in [-0.25, -0.2) is 8.78 Å². The summed E-state index contributed by atoms with van der Waals surface area (Å²) in [6, 6.07) is 17.1. The number of fused-ring (bicyclic) bond motifs is 2. The minimum Gasteiger partial charge on any atom is -0.370 e. The van der Waals surface area contributed by atoms with E-state index < -0.39 is 6.43 Å². The number of alkyl halides is 2. The van der Waals surface area contributed by atoms with Gasteiger partial charge in [-0.3, -0.25) is 9.78 Å². The van der Waals surface area contributed by atoms with Crippen molar-refractivity contribution in [2.24, 2.45) is 7.05 Å². The maximum absolute atomic E-state index is 13.0. The standard InChI is InChI=1S/C26H22F2N4O/c1-31-23-5-3-2-4-20(23)24(21(14-29)26(31)33)32-10-8-16(9-11-32)17-6-7-18-12-19(25(27)28)15-30-22(18)13-17/h2-7,12-13,15-16,25H,8-11H2,1H3. The second kappa shape index (κ2) is 8.28. The molecule has 1 saturated heterocycles. The second-order valence-electron chi connectivity index (χ2n) is 8.50.